The van der Waals surface area contributed by atoms with Gasteiger partial charge in [0.15, 0.2) is 0 Å². The predicted molar refractivity (Wildman–Crippen MR) is 116 cm³/mol. The van der Waals surface area contributed by atoms with Crippen molar-refractivity contribution in [3.63, 3.8) is 0 Å². The zero-order valence-corrected chi connectivity index (χ0v) is 19.3. The quantitative estimate of drug-likeness (QED) is 0.545. The summed E-state index contributed by atoms with van der Waals surface area (Å²) < 4.78 is 21.3. The molecule has 4 heteroatoms. The number of aliphatic hydroxyl groups excluding tert-OH is 1. The van der Waals surface area contributed by atoms with E-state index in [1.54, 1.807) is 6.92 Å². The summed E-state index contributed by atoms with van der Waals surface area (Å²) in [4.78, 5) is 0. The van der Waals surface area contributed by atoms with Crippen molar-refractivity contribution < 1.29 is 14.2 Å². The number of halogens is 2. The van der Waals surface area contributed by atoms with Crippen LogP contribution in [0.25, 0.3) is 11.1 Å². The van der Waals surface area contributed by atoms with Crippen LogP contribution in [-0.4, -0.2) is 17.8 Å². The van der Waals surface area contributed by atoms with Crippen LogP contribution in [0.4, 0.5) is 4.39 Å². The largest absolute Gasteiger partial charge is 0.489 e. The topological polar surface area (TPSA) is 29.5 Å². The number of rotatable bonds is 4. The minimum Gasteiger partial charge on any atom is -0.489 e. The summed E-state index contributed by atoms with van der Waals surface area (Å²) >= 11 is 3.80. The van der Waals surface area contributed by atoms with Crippen molar-refractivity contribution in [1.29, 1.82) is 0 Å². The van der Waals surface area contributed by atoms with Crippen LogP contribution in [-0.2, 0) is 5.41 Å². The van der Waals surface area contributed by atoms with Gasteiger partial charge in [0.1, 0.15) is 11.6 Å². The molecule has 0 saturated carbocycles. The minimum atomic E-state index is -0.616. The van der Waals surface area contributed by atoms with Gasteiger partial charge in [0.05, 0.1) is 17.2 Å². The van der Waals surface area contributed by atoms with Crippen LogP contribution < -0.4 is 4.74 Å². The Hall–Kier alpha value is -1.13. The molecule has 0 heterocycles. The third kappa shape index (κ3) is 4.32. The van der Waals surface area contributed by atoms with E-state index in [4.69, 9.17) is 4.74 Å². The standard InChI is InChI=1S/C23H32BrFO2/c1-13(2)27-21-15(14(3)18(25)12-26)11-16-17(22(4,5)6)9-10-23(7,8)19(16)20(21)24/h9,11,13,26H,10,12H2,1-8H3. The summed E-state index contributed by atoms with van der Waals surface area (Å²) in [5.41, 5.74) is 4.58. The van der Waals surface area contributed by atoms with Crippen LogP contribution in [0.3, 0.4) is 0 Å². The number of hydrogen-bond acceptors (Lipinski definition) is 2. The molecule has 0 aliphatic heterocycles. The zero-order valence-electron chi connectivity index (χ0n) is 17.8. The molecule has 0 spiro atoms. The molecule has 150 valence electrons. The fourth-order valence-corrected chi connectivity index (χ4v) is 4.74. The smallest absolute Gasteiger partial charge is 0.141 e. The number of hydrogen-bond donors (Lipinski definition) is 1. The molecule has 0 unspecified atom stereocenters. The molecule has 27 heavy (non-hydrogen) atoms. The summed E-state index contributed by atoms with van der Waals surface area (Å²) in [5.74, 6) is 0.111. The molecular weight excluding hydrogens is 407 g/mol. The van der Waals surface area contributed by atoms with Crippen molar-refractivity contribution in [1.82, 2.24) is 0 Å². The number of fused-ring (bicyclic) bond motifs is 1. The predicted octanol–water partition coefficient (Wildman–Crippen LogP) is 7.04. The summed E-state index contributed by atoms with van der Waals surface area (Å²) in [6, 6.07) is 2.04. The molecule has 0 amide bonds. The average molecular weight is 439 g/mol. The van der Waals surface area contributed by atoms with Gasteiger partial charge in [0.25, 0.3) is 0 Å². The molecule has 1 aliphatic rings. The Balaban J connectivity index is 2.93. The lowest BCUT2D eigenvalue weighted by atomic mass is 9.67. The Morgan fingerprint density at radius 1 is 1.33 bits per heavy atom. The molecule has 0 saturated heterocycles. The molecule has 1 aromatic carbocycles. The minimum absolute atomic E-state index is 0.0322. The third-order valence-electron chi connectivity index (χ3n) is 5.12. The number of benzene rings is 1. The molecule has 1 aromatic rings. The SMILES string of the molecule is CC(=C(F)CO)c1cc2c(c(Br)c1OC(C)C)C(C)(C)CC=C2C(C)(C)C. The van der Waals surface area contributed by atoms with Crippen LogP contribution in [0.15, 0.2) is 22.4 Å². The summed E-state index contributed by atoms with van der Waals surface area (Å²) in [7, 11) is 0. The van der Waals surface area contributed by atoms with Gasteiger partial charge in [0.2, 0.25) is 0 Å². The second-order valence-electron chi connectivity index (χ2n) is 9.30. The lowest BCUT2D eigenvalue weighted by Gasteiger charge is -2.38. The van der Waals surface area contributed by atoms with E-state index < -0.39 is 12.4 Å². The van der Waals surface area contributed by atoms with Crippen molar-refractivity contribution in [2.45, 2.75) is 73.3 Å². The van der Waals surface area contributed by atoms with Gasteiger partial charge in [-0.25, -0.2) is 4.39 Å². The van der Waals surface area contributed by atoms with E-state index in [1.165, 1.54) is 11.1 Å². The van der Waals surface area contributed by atoms with Crippen molar-refractivity contribution >= 4 is 27.1 Å². The van der Waals surface area contributed by atoms with Crippen molar-refractivity contribution in [3.05, 3.63) is 39.1 Å². The number of aliphatic hydroxyl groups is 1. The second kappa shape index (κ2) is 7.71. The highest BCUT2D eigenvalue weighted by Gasteiger charge is 2.36. The molecule has 1 aliphatic carbocycles. The Labute approximate surface area is 171 Å². The first kappa shape index (κ1) is 22.2. The van der Waals surface area contributed by atoms with Gasteiger partial charge in [-0.15, -0.1) is 0 Å². The zero-order chi connectivity index (χ0) is 20.7. The van der Waals surface area contributed by atoms with Crippen molar-refractivity contribution in [3.8, 4) is 5.75 Å². The number of allylic oxidation sites excluding steroid dienone is 3. The maximum Gasteiger partial charge on any atom is 0.141 e. The van der Waals surface area contributed by atoms with Gasteiger partial charge in [-0.05, 0) is 82.3 Å². The molecular formula is C23H32BrFO2. The van der Waals surface area contributed by atoms with Crippen LogP contribution >= 0.6 is 15.9 Å². The normalized spacial score (nSPS) is 17.4. The van der Waals surface area contributed by atoms with Crippen LogP contribution in [0.1, 0.15) is 78.5 Å². The van der Waals surface area contributed by atoms with E-state index in [0.29, 0.717) is 16.9 Å². The maximum atomic E-state index is 14.3. The van der Waals surface area contributed by atoms with Gasteiger partial charge in [-0.2, -0.15) is 0 Å². The van der Waals surface area contributed by atoms with Crippen LogP contribution in [0.5, 0.6) is 5.75 Å². The fraction of sp³-hybridized carbons (Fsp3) is 0.565. The van der Waals surface area contributed by atoms with Gasteiger partial charge in [-0.1, -0.05) is 40.7 Å². The highest BCUT2D eigenvalue weighted by atomic mass is 79.9. The van der Waals surface area contributed by atoms with Gasteiger partial charge < -0.3 is 9.84 Å². The van der Waals surface area contributed by atoms with Crippen LogP contribution in [0, 0.1) is 5.41 Å². The first-order valence-electron chi connectivity index (χ1n) is 9.52. The van der Waals surface area contributed by atoms with Crippen molar-refractivity contribution in [2.75, 3.05) is 6.61 Å². The number of ether oxygens (including phenoxy) is 1. The van der Waals surface area contributed by atoms with Crippen molar-refractivity contribution in [2.24, 2.45) is 5.41 Å². The maximum absolute atomic E-state index is 14.3. The van der Waals surface area contributed by atoms with E-state index in [1.807, 2.05) is 19.9 Å². The Morgan fingerprint density at radius 2 is 1.93 bits per heavy atom. The molecule has 0 bridgehead atoms. The van der Waals surface area contributed by atoms with E-state index >= 15 is 0 Å². The van der Waals surface area contributed by atoms with Crippen LogP contribution in [0.2, 0.25) is 0 Å². The van der Waals surface area contributed by atoms with E-state index in [0.717, 1.165) is 16.5 Å². The summed E-state index contributed by atoms with van der Waals surface area (Å²) in [6.07, 6.45) is 3.20. The monoisotopic (exact) mass is 438 g/mol. The molecule has 1 N–H and O–H groups in total. The average Bonchev–Trinajstić information content (AvgIpc) is 2.53. The Bertz CT molecular complexity index is 796. The summed E-state index contributed by atoms with van der Waals surface area (Å²) in [6.45, 7) is 16.0. The lowest BCUT2D eigenvalue weighted by molar-refractivity contribution is 0.239. The first-order valence-corrected chi connectivity index (χ1v) is 10.3. The van der Waals surface area contributed by atoms with E-state index in [2.05, 4.69) is 56.6 Å². The lowest BCUT2D eigenvalue weighted by Crippen LogP contribution is -2.26. The summed E-state index contributed by atoms with van der Waals surface area (Å²) in [5, 5.41) is 9.31. The van der Waals surface area contributed by atoms with Gasteiger partial charge in [0, 0.05) is 5.56 Å². The highest BCUT2D eigenvalue weighted by molar-refractivity contribution is 9.10. The van der Waals surface area contributed by atoms with E-state index in [9.17, 15) is 9.50 Å². The molecule has 2 rings (SSSR count). The van der Waals surface area contributed by atoms with E-state index in [-0.39, 0.29) is 16.9 Å². The molecule has 0 radical (unpaired) electrons. The molecule has 0 atom stereocenters. The fourth-order valence-electron chi connectivity index (χ4n) is 3.68. The first-order chi connectivity index (χ1) is 12.3. The molecule has 0 aromatic heterocycles. The third-order valence-corrected chi connectivity index (χ3v) is 5.87. The Kier molecular flexibility index (Phi) is 6.33. The second-order valence-corrected chi connectivity index (χ2v) is 10.1. The molecule has 2 nitrogen and oxygen atoms in total. The molecule has 0 fully saturated rings. The highest BCUT2D eigenvalue weighted by Crippen LogP contribution is 2.52. The van der Waals surface area contributed by atoms with Gasteiger partial charge >= 0.3 is 0 Å². The van der Waals surface area contributed by atoms with Gasteiger partial charge in [-0.3, -0.25) is 0 Å². The Morgan fingerprint density at radius 3 is 2.41 bits per heavy atom.